The van der Waals surface area contributed by atoms with Crippen molar-refractivity contribution >= 4 is 29.0 Å². The molecule has 0 spiro atoms. The second kappa shape index (κ2) is 7.49. The fraction of sp³-hybridized carbons (Fsp3) is 0.333. The molecule has 1 atom stereocenters. The van der Waals surface area contributed by atoms with Crippen LogP contribution in [0.25, 0.3) is 0 Å². The summed E-state index contributed by atoms with van der Waals surface area (Å²) in [4.78, 5) is 27.3. The van der Waals surface area contributed by atoms with E-state index in [2.05, 4.69) is 23.6 Å². The highest BCUT2D eigenvalue weighted by Gasteiger charge is 2.20. The topological polar surface area (TPSA) is 61.4 Å². The number of nitrogens with one attached hydrogen (secondary N) is 2. The molecule has 0 saturated carbocycles. The predicted octanol–water partition coefficient (Wildman–Crippen LogP) is 3.20. The van der Waals surface area contributed by atoms with Crippen molar-refractivity contribution in [3.63, 3.8) is 0 Å². The summed E-state index contributed by atoms with van der Waals surface area (Å²) in [6.45, 7) is 4.07. The number of thiophene rings is 1. The number of carbonyl (C=O) groups excluding carboxylic acids is 2. The first-order chi connectivity index (χ1) is 11.6. The van der Waals surface area contributed by atoms with Crippen LogP contribution in [-0.4, -0.2) is 31.6 Å². The van der Waals surface area contributed by atoms with E-state index in [1.165, 1.54) is 4.88 Å². The number of urea groups is 1. The van der Waals surface area contributed by atoms with E-state index in [9.17, 15) is 9.59 Å². The van der Waals surface area contributed by atoms with Crippen LogP contribution in [0.15, 0.2) is 41.8 Å². The molecule has 24 heavy (non-hydrogen) atoms. The van der Waals surface area contributed by atoms with Crippen LogP contribution in [0, 0.1) is 0 Å². The zero-order chi connectivity index (χ0) is 16.9. The Kier molecular flexibility index (Phi) is 5.15. The van der Waals surface area contributed by atoms with Crippen molar-refractivity contribution in [1.82, 2.24) is 10.6 Å². The van der Waals surface area contributed by atoms with Crippen molar-refractivity contribution in [3.8, 4) is 0 Å². The molecule has 2 N–H and O–H groups in total. The Balaban J connectivity index is 1.64. The highest BCUT2D eigenvalue weighted by molar-refractivity contribution is 7.10. The number of benzene rings is 1. The lowest BCUT2D eigenvalue weighted by atomic mass is 10.1. The summed E-state index contributed by atoms with van der Waals surface area (Å²) in [6, 6.07) is 11.2. The van der Waals surface area contributed by atoms with Crippen molar-refractivity contribution < 1.29 is 9.59 Å². The SMILES string of the molecule is C[C@H](CNC(=O)c1cccc(N2CCCNC2=O)c1)c1cccs1. The lowest BCUT2D eigenvalue weighted by Gasteiger charge is -2.27. The number of nitrogens with zero attached hydrogens (tertiary/aromatic N) is 1. The molecular weight excluding hydrogens is 322 g/mol. The quantitative estimate of drug-likeness (QED) is 0.876. The molecule has 6 heteroatoms. The first-order valence-electron chi connectivity index (χ1n) is 8.12. The van der Waals surface area contributed by atoms with Crippen LogP contribution in [0.1, 0.15) is 34.5 Å². The molecule has 1 fully saturated rings. The van der Waals surface area contributed by atoms with Crippen LogP contribution in [0.4, 0.5) is 10.5 Å². The molecule has 0 unspecified atom stereocenters. The predicted molar refractivity (Wildman–Crippen MR) is 96.9 cm³/mol. The third-order valence-corrected chi connectivity index (χ3v) is 5.20. The highest BCUT2D eigenvalue weighted by atomic mass is 32.1. The molecule has 126 valence electrons. The minimum Gasteiger partial charge on any atom is -0.351 e. The van der Waals surface area contributed by atoms with Gasteiger partial charge < -0.3 is 10.6 Å². The van der Waals surface area contributed by atoms with Crippen LogP contribution in [-0.2, 0) is 0 Å². The molecule has 3 amide bonds. The Labute approximate surface area is 145 Å². The monoisotopic (exact) mass is 343 g/mol. The molecule has 2 aromatic rings. The molecule has 0 bridgehead atoms. The normalized spacial score (nSPS) is 15.7. The summed E-state index contributed by atoms with van der Waals surface area (Å²) in [5.41, 5.74) is 1.33. The van der Waals surface area contributed by atoms with Gasteiger partial charge in [0.15, 0.2) is 0 Å². The average molecular weight is 343 g/mol. The first kappa shape index (κ1) is 16.5. The zero-order valence-electron chi connectivity index (χ0n) is 13.6. The Hall–Kier alpha value is -2.34. The maximum Gasteiger partial charge on any atom is 0.321 e. The third-order valence-electron chi connectivity index (χ3n) is 4.10. The van der Waals surface area contributed by atoms with Crippen LogP contribution in [0.2, 0.25) is 0 Å². The van der Waals surface area contributed by atoms with Crippen molar-refractivity contribution in [1.29, 1.82) is 0 Å². The van der Waals surface area contributed by atoms with Gasteiger partial charge in [0.05, 0.1) is 0 Å². The molecule has 3 rings (SSSR count). The van der Waals surface area contributed by atoms with E-state index in [0.29, 0.717) is 25.2 Å². The molecule has 1 saturated heterocycles. The van der Waals surface area contributed by atoms with Crippen molar-refractivity contribution in [3.05, 3.63) is 52.2 Å². The second-order valence-electron chi connectivity index (χ2n) is 5.91. The third kappa shape index (κ3) is 3.76. The summed E-state index contributed by atoms with van der Waals surface area (Å²) in [6.07, 6.45) is 0.903. The molecule has 0 aliphatic carbocycles. The number of hydrogen-bond donors (Lipinski definition) is 2. The highest BCUT2D eigenvalue weighted by Crippen LogP contribution is 2.21. The van der Waals surface area contributed by atoms with Crippen LogP contribution >= 0.6 is 11.3 Å². The molecule has 1 aromatic carbocycles. The first-order valence-corrected chi connectivity index (χ1v) is 9.00. The Morgan fingerprint density at radius 2 is 2.25 bits per heavy atom. The van der Waals surface area contributed by atoms with Gasteiger partial charge in [-0.15, -0.1) is 11.3 Å². The standard InChI is InChI=1S/C18H21N3O2S/c1-13(16-7-3-10-24-16)12-20-17(22)14-5-2-6-15(11-14)21-9-4-8-19-18(21)23/h2-3,5-7,10-11,13H,4,8-9,12H2,1H3,(H,19,23)(H,20,22)/t13-/m1/s1. The number of amides is 3. The van der Waals surface area contributed by atoms with Gasteiger partial charge in [0, 0.05) is 41.7 Å². The van der Waals surface area contributed by atoms with Crippen LogP contribution in [0.3, 0.4) is 0 Å². The fourth-order valence-electron chi connectivity index (χ4n) is 2.71. The minimum absolute atomic E-state index is 0.106. The second-order valence-corrected chi connectivity index (χ2v) is 6.89. The van der Waals surface area contributed by atoms with E-state index in [4.69, 9.17) is 0 Å². The lowest BCUT2D eigenvalue weighted by molar-refractivity contribution is 0.0951. The summed E-state index contributed by atoms with van der Waals surface area (Å²) in [7, 11) is 0. The Morgan fingerprint density at radius 1 is 1.38 bits per heavy atom. The van der Waals surface area contributed by atoms with Crippen LogP contribution < -0.4 is 15.5 Å². The van der Waals surface area contributed by atoms with Crippen molar-refractivity contribution in [2.24, 2.45) is 0 Å². The van der Waals surface area contributed by atoms with Gasteiger partial charge >= 0.3 is 6.03 Å². The zero-order valence-corrected chi connectivity index (χ0v) is 14.4. The van der Waals surface area contributed by atoms with E-state index in [0.717, 1.165) is 12.1 Å². The van der Waals surface area contributed by atoms with Gasteiger partial charge in [0.25, 0.3) is 5.91 Å². The number of anilines is 1. The lowest BCUT2D eigenvalue weighted by Crippen LogP contribution is -2.46. The number of hydrogen-bond acceptors (Lipinski definition) is 3. The van der Waals surface area contributed by atoms with E-state index in [1.807, 2.05) is 23.6 Å². The fourth-order valence-corrected chi connectivity index (χ4v) is 3.50. The van der Waals surface area contributed by atoms with Gasteiger partial charge in [-0.2, -0.15) is 0 Å². The summed E-state index contributed by atoms with van der Waals surface area (Å²) in [5, 5.41) is 7.84. The Morgan fingerprint density at radius 3 is 3.00 bits per heavy atom. The van der Waals surface area contributed by atoms with E-state index in [1.54, 1.807) is 28.4 Å². The van der Waals surface area contributed by atoms with E-state index in [-0.39, 0.29) is 17.9 Å². The van der Waals surface area contributed by atoms with E-state index < -0.39 is 0 Å². The van der Waals surface area contributed by atoms with Crippen molar-refractivity contribution in [2.75, 3.05) is 24.5 Å². The summed E-state index contributed by atoms with van der Waals surface area (Å²) in [5.74, 6) is 0.169. The van der Waals surface area contributed by atoms with Gasteiger partial charge in [-0.3, -0.25) is 9.69 Å². The van der Waals surface area contributed by atoms with Gasteiger partial charge in [0.1, 0.15) is 0 Å². The average Bonchev–Trinajstić information content (AvgIpc) is 3.14. The molecule has 5 nitrogen and oxygen atoms in total. The molecule has 2 heterocycles. The number of rotatable bonds is 5. The minimum atomic E-state index is -0.113. The van der Waals surface area contributed by atoms with Gasteiger partial charge in [0.2, 0.25) is 0 Å². The summed E-state index contributed by atoms with van der Waals surface area (Å²) < 4.78 is 0. The largest absolute Gasteiger partial charge is 0.351 e. The number of carbonyl (C=O) groups is 2. The van der Waals surface area contributed by atoms with Gasteiger partial charge in [-0.1, -0.05) is 19.1 Å². The van der Waals surface area contributed by atoms with Gasteiger partial charge in [-0.25, -0.2) is 4.79 Å². The molecule has 1 aliphatic rings. The van der Waals surface area contributed by atoms with Crippen molar-refractivity contribution in [2.45, 2.75) is 19.3 Å². The van der Waals surface area contributed by atoms with E-state index >= 15 is 0 Å². The maximum atomic E-state index is 12.4. The molecule has 1 aromatic heterocycles. The van der Waals surface area contributed by atoms with Crippen LogP contribution in [0.5, 0.6) is 0 Å². The Bertz CT molecular complexity index is 715. The summed E-state index contributed by atoms with van der Waals surface area (Å²) >= 11 is 1.70. The smallest absolute Gasteiger partial charge is 0.321 e. The maximum absolute atomic E-state index is 12.4. The molecule has 0 radical (unpaired) electrons. The van der Waals surface area contributed by atoms with Gasteiger partial charge in [-0.05, 0) is 36.1 Å². The molecule has 1 aliphatic heterocycles. The molecular formula is C18H21N3O2S.